The zero-order chi connectivity index (χ0) is 19.6. The van der Waals surface area contributed by atoms with Crippen LogP contribution in [0.5, 0.6) is 0 Å². The summed E-state index contributed by atoms with van der Waals surface area (Å²) in [7, 11) is 0. The molecule has 4 rings (SSSR count). The molecule has 0 spiro atoms. The third-order valence-electron chi connectivity index (χ3n) is 5.05. The first-order valence-electron chi connectivity index (χ1n) is 9.06. The Morgan fingerprint density at radius 2 is 1.79 bits per heavy atom. The highest BCUT2D eigenvalue weighted by Gasteiger charge is 2.44. The average molecular weight is 411 g/mol. The van der Waals surface area contributed by atoms with Crippen LogP contribution in [0.15, 0.2) is 66.0 Å². The molecule has 28 heavy (non-hydrogen) atoms. The van der Waals surface area contributed by atoms with Gasteiger partial charge in [0, 0.05) is 17.5 Å². The van der Waals surface area contributed by atoms with E-state index in [1.54, 1.807) is 24.3 Å². The van der Waals surface area contributed by atoms with E-state index in [1.165, 1.54) is 16.9 Å². The van der Waals surface area contributed by atoms with Gasteiger partial charge in [-0.1, -0.05) is 48.0 Å². The van der Waals surface area contributed by atoms with E-state index in [2.05, 4.69) is 22.8 Å². The Morgan fingerprint density at radius 3 is 2.46 bits per heavy atom. The van der Waals surface area contributed by atoms with Gasteiger partial charge < -0.3 is 10.6 Å². The average Bonchev–Trinajstić information content (AvgIpc) is 3.31. The lowest BCUT2D eigenvalue weighted by Crippen LogP contribution is -2.32. The number of hydrogen-bond donors (Lipinski definition) is 2. The van der Waals surface area contributed by atoms with Crippen LogP contribution in [0.25, 0.3) is 0 Å². The van der Waals surface area contributed by atoms with Gasteiger partial charge in [0.05, 0.1) is 15.6 Å². The molecule has 1 aliphatic carbocycles. The van der Waals surface area contributed by atoms with Crippen LogP contribution in [-0.2, 0) is 5.41 Å². The van der Waals surface area contributed by atoms with Gasteiger partial charge in [0.1, 0.15) is 0 Å². The maximum absolute atomic E-state index is 12.7. The number of anilines is 1. The Kier molecular flexibility index (Phi) is 5.20. The summed E-state index contributed by atoms with van der Waals surface area (Å²) in [6.45, 7) is 0.593. The summed E-state index contributed by atoms with van der Waals surface area (Å²) in [6.07, 6.45) is 2.14. The minimum absolute atomic E-state index is 0.0412. The third kappa shape index (κ3) is 3.96. The first kappa shape index (κ1) is 18.7. The number of halogens is 1. The first-order chi connectivity index (χ1) is 13.6. The van der Waals surface area contributed by atoms with Gasteiger partial charge in [0.15, 0.2) is 0 Å². The predicted molar refractivity (Wildman–Crippen MR) is 113 cm³/mol. The van der Waals surface area contributed by atoms with Crippen LogP contribution in [0, 0.1) is 0 Å². The number of rotatable bonds is 6. The molecular weight excluding hydrogens is 392 g/mol. The number of hydrogen-bond acceptors (Lipinski definition) is 3. The molecule has 1 heterocycles. The summed E-state index contributed by atoms with van der Waals surface area (Å²) < 4.78 is 0. The van der Waals surface area contributed by atoms with E-state index in [4.69, 9.17) is 11.6 Å². The Balaban J connectivity index is 1.44. The molecule has 6 heteroatoms. The van der Waals surface area contributed by atoms with Gasteiger partial charge in [-0.05, 0) is 48.1 Å². The maximum Gasteiger partial charge on any atom is 0.265 e. The summed E-state index contributed by atoms with van der Waals surface area (Å²) in [4.78, 5) is 25.5. The van der Waals surface area contributed by atoms with Crippen molar-refractivity contribution in [3.05, 3.63) is 87.1 Å². The lowest BCUT2D eigenvalue weighted by molar-refractivity contribution is 0.0948. The molecule has 1 saturated carbocycles. The highest BCUT2D eigenvalue weighted by atomic mass is 35.5. The first-order valence-corrected chi connectivity index (χ1v) is 10.3. The molecule has 0 saturated heterocycles. The maximum atomic E-state index is 12.7. The van der Waals surface area contributed by atoms with Crippen LogP contribution >= 0.6 is 22.9 Å². The van der Waals surface area contributed by atoms with Gasteiger partial charge in [-0.25, -0.2) is 0 Å². The largest absolute Gasteiger partial charge is 0.351 e. The summed E-state index contributed by atoms with van der Waals surface area (Å²) in [5.41, 5.74) is 2.20. The molecule has 2 aromatic carbocycles. The molecule has 142 valence electrons. The van der Waals surface area contributed by atoms with Gasteiger partial charge in [0.2, 0.25) is 0 Å². The van der Waals surface area contributed by atoms with Crippen molar-refractivity contribution >= 4 is 40.4 Å². The van der Waals surface area contributed by atoms with E-state index in [0.717, 1.165) is 12.8 Å². The molecule has 1 aliphatic rings. The smallest absolute Gasteiger partial charge is 0.265 e. The van der Waals surface area contributed by atoms with Crippen LogP contribution in [-0.4, -0.2) is 18.4 Å². The quantitative estimate of drug-likeness (QED) is 0.592. The summed E-state index contributed by atoms with van der Waals surface area (Å²) >= 11 is 7.55. The van der Waals surface area contributed by atoms with Crippen molar-refractivity contribution in [3.8, 4) is 0 Å². The van der Waals surface area contributed by atoms with E-state index in [1.807, 2.05) is 29.6 Å². The normalized spacial score (nSPS) is 14.3. The lowest BCUT2D eigenvalue weighted by Gasteiger charge is -2.17. The van der Waals surface area contributed by atoms with Gasteiger partial charge >= 0.3 is 0 Å². The van der Waals surface area contributed by atoms with E-state index in [-0.39, 0.29) is 17.2 Å². The zero-order valence-corrected chi connectivity index (χ0v) is 16.6. The van der Waals surface area contributed by atoms with E-state index < -0.39 is 0 Å². The number of carbonyl (C=O) groups excluding carboxylic acids is 2. The lowest BCUT2D eigenvalue weighted by atomic mass is 9.96. The van der Waals surface area contributed by atoms with Gasteiger partial charge in [-0.3, -0.25) is 9.59 Å². The zero-order valence-electron chi connectivity index (χ0n) is 15.1. The Hall–Kier alpha value is -2.63. The van der Waals surface area contributed by atoms with E-state index in [0.29, 0.717) is 27.7 Å². The molecule has 0 bridgehead atoms. The number of benzene rings is 2. The van der Waals surface area contributed by atoms with E-state index >= 15 is 0 Å². The van der Waals surface area contributed by atoms with Crippen LogP contribution in [0.4, 0.5) is 5.69 Å². The molecule has 2 N–H and O–H groups in total. The van der Waals surface area contributed by atoms with Gasteiger partial charge in [-0.15, -0.1) is 11.3 Å². The minimum atomic E-state index is -0.240. The summed E-state index contributed by atoms with van der Waals surface area (Å²) in [5, 5.41) is 8.04. The second-order valence-corrected chi connectivity index (χ2v) is 8.31. The number of amides is 2. The fraction of sp³-hybridized carbons (Fsp3) is 0.182. The number of thiophene rings is 1. The molecule has 0 radical (unpaired) electrons. The topological polar surface area (TPSA) is 58.2 Å². The van der Waals surface area contributed by atoms with Crippen LogP contribution < -0.4 is 10.6 Å². The standard InChI is InChI=1S/C22H19ClN2O2S/c23-17-9-8-15(13-18(17)25-21(27)19-7-4-12-28-19)20(26)24-14-22(10-11-22)16-5-2-1-3-6-16/h1-9,12-13H,10-11,14H2,(H,24,26)(H,25,27). The van der Waals surface area contributed by atoms with Crippen LogP contribution in [0.3, 0.4) is 0 Å². The molecule has 0 aliphatic heterocycles. The second kappa shape index (κ2) is 7.78. The number of carbonyl (C=O) groups is 2. The van der Waals surface area contributed by atoms with Crippen molar-refractivity contribution in [2.24, 2.45) is 0 Å². The Bertz CT molecular complexity index is 999. The Labute approximate surface area is 172 Å². The predicted octanol–water partition coefficient (Wildman–Crippen LogP) is 5.12. The molecule has 4 nitrogen and oxygen atoms in total. The van der Waals surface area contributed by atoms with Crippen molar-refractivity contribution in [1.82, 2.24) is 5.32 Å². The monoisotopic (exact) mass is 410 g/mol. The van der Waals surface area contributed by atoms with Crippen molar-refractivity contribution in [3.63, 3.8) is 0 Å². The molecule has 1 fully saturated rings. The van der Waals surface area contributed by atoms with Crippen molar-refractivity contribution in [2.45, 2.75) is 18.3 Å². The van der Waals surface area contributed by atoms with Crippen molar-refractivity contribution in [1.29, 1.82) is 0 Å². The van der Waals surface area contributed by atoms with Crippen molar-refractivity contribution < 1.29 is 9.59 Å². The fourth-order valence-corrected chi connectivity index (χ4v) is 4.00. The van der Waals surface area contributed by atoms with Crippen molar-refractivity contribution in [2.75, 3.05) is 11.9 Å². The molecule has 3 aromatic rings. The van der Waals surface area contributed by atoms with Gasteiger partial charge in [-0.2, -0.15) is 0 Å². The molecular formula is C22H19ClN2O2S. The molecule has 0 unspecified atom stereocenters. The summed E-state index contributed by atoms with van der Waals surface area (Å²) in [5.74, 6) is -0.416. The minimum Gasteiger partial charge on any atom is -0.351 e. The SMILES string of the molecule is O=C(NCC1(c2ccccc2)CC1)c1ccc(Cl)c(NC(=O)c2cccs2)c1. The molecule has 2 amide bonds. The number of nitrogens with one attached hydrogen (secondary N) is 2. The highest BCUT2D eigenvalue weighted by Crippen LogP contribution is 2.47. The Morgan fingerprint density at radius 1 is 1.00 bits per heavy atom. The highest BCUT2D eigenvalue weighted by molar-refractivity contribution is 7.12. The van der Waals surface area contributed by atoms with Crippen LogP contribution in [0.2, 0.25) is 5.02 Å². The summed E-state index contributed by atoms with van der Waals surface area (Å²) in [6, 6.07) is 18.7. The molecule has 1 aromatic heterocycles. The van der Waals surface area contributed by atoms with Gasteiger partial charge in [0.25, 0.3) is 11.8 Å². The second-order valence-electron chi connectivity index (χ2n) is 6.96. The molecule has 0 atom stereocenters. The fourth-order valence-electron chi connectivity index (χ4n) is 3.22. The third-order valence-corrected chi connectivity index (χ3v) is 6.25. The van der Waals surface area contributed by atoms with Crippen LogP contribution in [0.1, 0.15) is 38.4 Å². The van der Waals surface area contributed by atoms with E-state index in [9.17, 15) is 9.59 Å².